The average Bonchev–Trinajstić information content (AvgIpc) is 2.88. The van der Waals surface area contributed by atoms with Gasteiger partial charge in [0.05, 0.1) is 5.56 Å². The van der Waals surface area contributed by atoms with E-state index in [4.69, 9.17) is 9.63 Å². The van der Waals surface area contributed by atoms with Crippen LogP contribution >= 0.6 is 0 Å². The summed E-state index contributed by atoms with van der Waals surface area (Å²) in [7, 11) is 0. The summed E-state index contributed by atoms with van der Waals surface area (Å²) in [5, 5.41) is 15.3. The van der Waals surface area contributed by atoms with Gasteiger partial charge in [-0.3, -0.25) is 4.79 Å². The Hall–Kier alpha value is -2.63. The van der Waals surface area contributed by atoms with E-state index in [0.717, 1.165) is 0 Å². The van der Waals surface area contributed by atoms with Crippen molar-refractivity contribution in [1.82, 2.24) is 5.16 Å². The molecular formula is C15H16N2O4. The van der Waals surface area contributed by atoms with Crippen molar-refractivity contribution in [2.75, 3.05) is 5.32 Å². The smallest absolute Gasteiger partial charge is 0.335 e. The molecule has 0 aliphatic rings. The molecule has 1 amide bonds. The summed E-state index contributed by atoms with van der Waals surface area (Å²) >= 11 is 0. The third-order valence-corrected chi connectivity index (χ3v) is 3.04. The number of hydrogen-bond donors (Lipinski definition) is 2. The summed E-state index contributed by atoms with van der Waals surface area (Å²) < 4.78 is 5.07. The van der Waals surface area contributed by atoms with Crippen molar-refractivity contribution < 1.29 is 19.2 Å². The topological polar surface area (TPSA) is 92.4 Å². The minimum Gasteiger partial charge on any atom is -0.478 e. The number of aryl methyl sites for hydroxylation is 1. The molecular weight excluding hydrogens is 272 g/mol. The molecule has 0 unspecified atom stereocenters. The van der Waals surface area contributed by atoms with Crippen LogP contribution in [0, 0.1) is 6.92 Å². The van der Waals surface area contributed by atoms with Crippen molar-refractivity contribution in [2.24, 2.45) is 0 Å². The van der Waals surface area contributed by atoms with E-state index in [-0.39, 0.29) is 17.2 Å². The molecule has 6 nitrogen and oxygen atoms in total. The van der Waals surface area contributed by atoms with Gasteiger partial charge in [0, 0.05) is 17.7 Å². The van der Waals surface area contributed by atoms with E-state index < -0.39 is 11.9 Å². The second-order valence-electron chi connectivity index (χ2n) is 5.06. The summed E-state index contributed by atoms with van der Waals surface area (Å²) in [6, 6.07) is 6.19. The quantitative estimate of drug-likeness (QED) is 0.902. The highest BCUT2D eigenvalue weighted by molar-refractivity contribution is 6.03. The number of benzene rings is 1. The van der Waals surface area contributed by atoms with Gasteiger partial charge in [-0.25, -0.2) is 4.79 Å². The Morgan fingerprint density at radius 3 is 2.52 bits per heavy atom. The molecule has 110 valence electrons. The standard InChI is InChI=1S/C15H16N2O4/c1-8(2)13-7-12(17-21-13)14(18)16-10-4-5-11(15(19)20)9(3)6-10/h4-8H,1-3H3,(H,16,18)(H,19,20). The monoisotopic (exact) mass is 288 g/mol. The van der Waals surface area contributed by atoms with Crippen LogP contribution in [0.1, 0.15) is 51.9 Å². The number of carboxylic acid groups (broad SMARTS) is 1. The maximum absolute atomic E-state index is 12.0. The Balaban J connectivity index is 2.15. The van der Waals surface area contributed by atoms with Crippen molar-refractivity contribution in [3.8, 4) is 0 Å². The van der Waals surface area contributed by atoms with Gasteiger partial charge in [0.25, 0.3) is 5.91 Å². The van der Waals surface area contributed by atoms with Crippen LogP contribution in [0.4, 0.5) is 5.69 Å². The minimum atomic E-state index is -0.997. The Morgan fingerprint density at radius 2 is 2.00 bits per heavy atom. The first kappa shape index (κ1) is 14.8. The summed E-state index contributed by atoms with van der Waals surface area (Å²) in [4.78, 5) is 23.0. The Bertz CT molecular complexity index is 689. The SMILES string of the molecule is Cc1cc(NC(=O)c2cc(C(C)C)on2)ccc1C(=O)O. The molecule has 0 atom stereocenters. The van der Waals surface area contributed by atoms with Gasteiger partial charge in [-0.05, 0) is 30.7 Å². The highest BCUT2D eigenvalue weighted by Crippen LogP contribution is 2.18. The van der Waals surface area contributed by atoms with E-state index in [0.29, 0.717) is 17.0 Å². The van der Waals surface area contributed by atoms with E-state index in [1.54, 1.807) is 19.1 Å². The van der Waals surface area contributed by atoms with Crippen molar-refractivity contribution in [1.29, 1.82) is 0 Å². The minimum absolute atomic E-state index is 0.149. The maximum atomic E-state index is 12.0. The molecule has 0 fully saturated rings. The molecule has 21 heavy (non-hydrogen) atoms. The van der Waals surface area contributed by atoms with Gasteiger partial charge in [0.2, 0.25) is 0 Å². The third-order valence-electron chi connectivity index (χ3n) is 3.04. The molecule has 1 heterocycles. The number of hydrogen-bond acceptors (Lipinski definition) is 4. The molecule has 0 aliphatic heterocycles. The van der Waals surface area contributed by atoms with Crippen LogP contribution in [0.3, 0.4) is 0 Å². The molecule has 0 spiro atoms. The number of nitrogens with zero attached hydrogens (tertiary/aromatic N) is 1. The first-order valence-corrected chi connectivity index (χ1v) is 6.50. The maximum Gasteiger partial charge on any atom is 0.335 e. The molecule has 2 aromatic rings. The number of amides is 1. The molecule has 1 aromatic carbocycles. The first-order valence-electron chi connectivity index (χ1n) is 6.50. The lowest BCUT2D eigenvalue weighted by Gasteiger charge is -2.06. The molecule has 2 N–H and O–H groups in total. The van der Waals surface area contributed by atoms with Gasteiger partial charge in [-0.15, -0.1) is 0 Å². The molecule has 0 saturated carbocycles. The lowest BCUT2D eigenvalue weighted by atomic mass is 10.1. The first-order chi connectivity index (χ1) is 9.88. The van der Waals surface area contributed by atoms with Gasteiger partial charge < -0.3 is 14.9 Å². The third kappa shape index (κ3) is 3.28. The molecule has 0 radical (unpaired) electrons. The molecule has 0 saturated heterocycles. The zero-order chi connectivity index (χ0) is 15.6. The van der Waals surface area contributed by atoms with Crippen LogP contribution in [-0.4, -0.2) is 22.1 Å². The number of carboxylic acids is 1. The average molecular weight is 288 g/mol. The highest BCUT2D eigenvalue weighted by Gasteiger charge is 2.15. The van der Waals surface area contributed by atoms with Crippen LogP contribution in [0.15, 0.2) is 28.8 Å². The van der Waals surface area contributed by atoms with E-state index >= 15 is 0 Å². The largest absolute Gasteiger partial charge is 0.478 e. The van der Waals surface area contributed by atoms with Crippen molar-refractivity contribution in [3.05, 3.63) is 46.8 Å². The normalized spacial score (nSPS) is 10.7. The number of anilines is 1. The number of carbonyl (C=O) groups excluding carboxylic acids is 1. The van der Waals surface area contributed by atoms with Crippen LogP contribution in [0.5, 0.6) is 0 Å². The second-order valence-corrected chi connectivity index (χ2v) is 5.06. The van der Waals surface area contributed by atoms with E-state index in [1.807, 2.05) is 13.8 Å². The summed E-state index contributed by atoms with van der Waals surface area (Å²) in [5.41, 5.74) is 1.48. The Morgan fingerprint density at radius 1 is 1.29 bits per heavy atom. The molecule has 2 rings (SSSR count). The Labute approximate surface area is 121 Å². The number of aromatic carboxylic acids is 1. The number of nitrogens with one attached hydrogen (secondary N) is 1. The zero-order valence-electron chi connectivity index (χ0n) is 12.0. The van der Waals surface area contributed by atoms with Crippen LogP contribution in [0.2, 0.25) is 0 Å². The van der Waals surface area contributed by atoms with E-state index in [2.05, 4.69) is 10.5 Å². The van der Waals surface area contributed by atoms with Crippen LogP contribution in [0.25, 0.3) is 0 Å². The van der Waals surface area contributed by atoms with Gasteiger partial charge in [0.1, 0.15) is 5.76 Å². The second kappa shape index (κ2) is 5.78. The molecule has 0 aliphatic carbocycles. The van der Waals surface area contributed by atoms with Crippen LogP contribution < -0.4 is 5.32 Å². The fourth-order valence-electron chi connectivity index (χ4n) is 1.84. The number of aromatic nitrogens is 1. The molecule has 1 aromatic heterocycles. The zero-order valence-corrected chi connectivity index (χ0v) is 12.0. The summed E-state index contributed by atoms with van der Waals surface area (Å²) in [5.74, 6) is -0.606. The van der Waals surface area contributed by atoms with Crippen molar-refractivity contribution in [3.63, 3.8) is 0 Å². The van der Waals surface area contributed by atoms with Gasteiger partial charge in [-0.1, -0.05) is 19.0 Å². The van der Waals surface area contributed by atoms with Crippen LogP contribution in [-0.2, 0) is 0 Å². The summed E-state index contributed by atoms with van der Waals surface area (Å²) in [6.07, 6.45) is 0. The predicted molar refractivity (Wildman–Crippen MR) is 76.7 cm³/mol. The predicted octanol–water partition coefficient (Wildman–Crippen LogP) is 3.06. The van der Waals surface area contributed by atoms with E-state index in [9.17, 15) is 9.59 Å². The van der Waals surface area contributed by atoms with Crippen molar-refractivity contribution >= 4 is 17.6 Å². The van der Waals surface area contributed by atoms with E-state index in [1.165, 1.54) is 12.1 Å². The fourth-order valence-corrected chi connectivity index (χ4v) is 1.84. The molecule has 6 heteroatoms. The highest BCUT2D eigenvalue weighted by atomic mass is 16.5. The number of carbonyl (C=O) groups is 2. The van der Waals surface area contributed by atoms with Gasteiger partial charge in [-0.2, -0.15) is 0 Å². The summed E-state index contributed by atoms with van der Waals surface area (Å²) in [6.45, 7) is 5.55. The number of rotatable bonds is 4. The van der Waals surface area contributed by atoms with Gasteiger partial charge in [0.15, 0.2) is 5.69 Å². The fraction of sp³-hybridized carbons (Fsp3) is 0.267. The van der Waals surface area contributed by atoms with Gasteiger partial charge >= 0.3 is 5.97 Å². The van der Waals surface area contributed by atoms with Crippen molar-refractivity contribution in [2.45, 2.75) is 26.7 Å². The lowest BCUT2D eigenvalue weighted by molar-refractivity contribution is 0.0696. The Kier molecular flexibility index (Phi) is 4.07. The lowest BCUT2D eigenvalue weighted by Crippen LogP contribution is -2.12. The molecule has 0 bridgehead atoms.